The molecule has 0 radical (unpaired) electrons. The standard InChI is InChI=1S/C24H32N4O2/c1-14-6-5-9-26-13-20-15(2)22-19(11-24(3,4)12-21(22)29)28(20)16-7-8-17(23(25)30)18(10-16)27-14/h7-8,10,14,26-27H,5-6,9,11-13H2,1-4H3,(H2,25,30)/t14-/m0/s1. The molecule has 4 N–H and O–H groups in total. The summed E-state index contributed by atoms with van der Waals surface area (Å²) in [6.07, 6.45) is 3.41. The number of rotatable bonds is 1. The van der Waals surface area contributed by atoms with E-state index >= 15 is 0 Å². The summed E-state index contributed by atoms with van der Waals surface area (Å²) < 4.78 is 2.23. The second-order valence-electron chi connectivity index (χ2n) is 9.63. The molecule has 2 heterocycles. The molecule has 30 heavy (non-hydrogen) atoms. The maximum Gasteiger partial charge on any atom is 0.250 e. The molecule has 1 atom stereocenters. The summed E-state index contributed by atoms with van der Waals surface area (Å²) in [6, 6.07) is 5.97. The summed E-state index contributed by atoms with van der Waals surface area (Å²) in [6.45, 7) is 10.1. The number of carbonyl (C=O) groups excluding carboxylic acids is 2. The van der Waals surface area contributed by atoms with Gasteiger partial charge in [0.05, 0.1) is 5.56 Å². The molecule has 1 amide bonds. The highest BCUT2D eigenvalue weighted by Gasteiger charge is 2.36. The molecule has 0 saturated carbocycles. The van der Waals surface area contributed by atoms with Crippen molar-refractivity contribution in [3.63, 3.8) is 0 Å². The first-order valence-electron chi connectivity index (χ1n) is 10.9. The van der Waals surface area contributed by atoms with E-state index < -0.39 is 5.91 Å². The van der Waals surface area contributed by atoms with Crippen LogP contribution in [0, 0.1) is 12.3 Å². The molecule has 0 spiro atoms. The predicted molar refractivity (Wildman–Crippen MR) is 119 cm³/mol. The second-order valence-corrected chi connectivity index (χ2v) is 9.63. The minimum atomic E-state index is -0.438. The number of nitrogens with one attached hydrogen (secondary N) is 2. The van der Waals surface area contributed by atoms with Gasteiger partial charge in [-0.1, -0.05) is 13.8 Å². The highest BCUT2D eigenvalue weighted by molar-refractivity contribution is 6.01. The lowest BCUT2D eigenvalue weighted by Gasteiger charge is -2.30. The Balaban J connectivity index is 1.96. The molecular formula is C24H32N4O2. The lowest BCUT2D eigenvalue weighted by Crippen LogP contribution is -2.28. The average molecular weight is 409 g/mol. The van der Waals surface area contributed by atoms with Crippen LogP contribution in [0.1, 0.15) is 77.7 Å². The van der Waals surface area contributed by atoms with Gasteiger partial charge in [0.15, 0.2) is 5.78 Å². The minimum Gasteiger partial charge on any atom is -0.382 e. The summed E-state index contributed by atoms with van der Waals surface area (Å²) in [5, 5.41) is 7.05. The van der Waals surface area contributed by atoms with E-state index in [4.69, 9.17) is 5.73 Å². The van der Waals surface area contributed by atoms with Gasteiger partial charge >= 0.3 is 0 Å². The van der Waals surface area contributed by atoms with Gasteiger partial charge in [0.2, 0.25) is 0 Å². The van der Waals surface area contributed by atoms with Crippen LogP contribution in [0.15, 0.2) is 18.2 Å². The quantitative estimate of drug-likeness (QED) is 0.671. The fourth-order valence-electron chi connectivity index (χ4n) is 4.99. The molecule has 0 saturated heterocycles. The van der Waals surface area contributed by atoms with Crippen LogP contribution < -0.4 is 16.4 Å². The number of fused-ring (bicyclic) bond motifs is 6. The molecule has 2 aliphatic rings. The van der Waals surface area contributed by atoms with Crippen LogP contribution in [-0.4, -0.2) is 28.8 Å². The number of hydrogen-bond acceptors (Lipinski definition) is 4. The lowest BCUT2D eigenvalue weighted by molar-refractivity contribution is 0.0909. The Morgan fingerprint density at radius 3 is 2.73 bits per heavy atom. The van der Waals surface area contributed by atoms with Crippen molar-refractivity contribution >= 4 is 17.4 Å². The van der Waals surface area contributed by atoms with Crippen molar-refractivity contribution < 1.29 is 9.59 Å². The first-order valence-corrected chi connectivity index (χ1v) is 10.9. The summed E-state index contributed by atoms with van der Waals surface area (Å²) in [5.74, 6) is -0.212. The maximum atomic E-state index is 13.1. The van der Waals surface area contributed by atoms with Crippen molar-refractivity contribution in [1.82, 2.24) is 9.88 Å². The number of Topliss-reactive ketones (excluding diaryl/α,β-unsaturated/α-hetero) is 1. The zero-order valence-corrected chi connectivity index (χ0v) is 18.4. The van der Waals surface area contributed by atoms with Crippen LogP contribution in [0.25, 0.3) is 5.69 Å². The number of aromatic nitrogens is 1. The molecule has 0 fully saturated rings. The summed E-state index contributed by atoms with van der Waals surface area (Å²) in [5.41, 5.74) is 11.9. The average Bonchev–Trinajstić information content (AvgIpc) is 2.90. The van der Waals surface area contributed by atoms with E-state index in [9.17, 15) is 9.59 Å². The predicted octanol–water partition coefficient (Wildman–Crippen LogP) is 3.72. The molecule has 1 aromatic carbocycles. The minimum absolute atomic E-state index is 0.0779. The van der Waals surface area contributed by atoms with E-state index in [1.54, 1.807) is 6.07 Å². The van der Waals surface area contributed by atoms with Crippen LogP contribution in [0.4, 0.5) is 5.69 Å². The van der Waals surface area contributed by atoms with Crippen molar-refractivity contribution in [2.75, 3.05) is 11.9 Å². The van der Waals surface area contributed by atoms with E-state index in [2.05, 4.69) is 42.9 Å². The second kappa shape index (κ2) is 7.58. The fourth-order valence-corrected chi connectivity index (χ4v) is 4.99. The highest BCUT2D eigenvalue weighted by atomic mass is 16.1. The summed E-state index contributed by atoms with van der Waals surface area (Å²) in [4.78, 5) is 25.1. The summed E-state index contributed by atoms with van der Waals surface area (Å²) >= 11 is 0. The van der Waals surface area contributed by atoms with Gasteiger partial charge in [-0.05, 0) is 68.8 Å². The van der Waals surface area contributed by atoms with Gasteiger partial charge in [-0.3, -0.25) is 9.59 Å². The molecule has 6 heteroatoms. The molecule has 2 bridgehead atoms. The van der Waals surface area contributed by atoms with Crippen LogP contribution in [0.2, 0.25) is 0 Å². The molecule has 6 nitrogen and oxygen atoms in total. The Bertz CT molecular complexity index is 1020. The van der Waals surface area contributed by atoms with Crippen LogP contribution >= 0.6 is 0 Å². The lowest BCUT2D eigenvalue weighted by atomic mass is 9.75. The Labute approximate surface area is 178 Å². The van der Waals surface area contributed by atoms with Gasteiger partial charge in [0.1, 0.15) is 0 Å². The smallest absolute Gasteiger partial charge is 0.250 e. The Kier molecular flexibility index (Phi) is 5.22. The largest absolute Gasteiger partial charge is 0.382 e. The zero-order valence-electron chi connectivity index (χ0n) is 18.4. The first-order chi connectivity index (χ1) is 14.2. The van der Waals surface area contributed by atoms with Gasteiger partial charge < -0.3 is 20.9 Å². The van der Waals surface area contributed by atoms with Crippen molar-refractivity contribution in [2.45, 2.75) is 66.0 Å². The van der Waals surface area contributed by atoms with Gasteiger partial charge in [-0.25, -0.2) is 0 Å². The molecule has 160 valence electrons. The highest BCUT2D eigenvalue weighted by Crippen LogP contribution is 2.40. The Morgan fingerprint density at radius 2 is 2.00 bits per heavy atom. The molecule has 1 aliphatic heterocycles. The third kappa shape index (κ3) is 3.65. The van der Waals surface area contributed by atoms with Gasteiger partial charge in [-0.2, -0.15) is 0 Å². The zero-order chi connectivity index (χ0) is 21.6. The fraction of sp³-hybridized carbons (Fsp3) is 0.500. The Morgan fingerprint density at radius 1 is 1.23 bits per heavy atom. The number of carbonyl (C=O) groups is 2. The molecule has 0 unspecified atom stereocenters. The van der Waals surface area contributed by atoms with Crippen molar-refractivity contribution in [3.8, 4) is 5.69 Å². The summed E-state index contributed by atoms with van der Waals surface area (Å²) in [7, 11) is 0. The number of nitrogens with two attached hydrogens (primary N) is 1. The number of ketones is 1. The van der Waals surface area contributed by atoms with E-state index in [1.165, 1.54) is 0 Å². The number of primary amides is 1. The molecule has 1 aliphatic carbocycles. The number of benzene rings is 1. The first kappa shape index (κ1) is 20.7. The van der Waals surface area contributed by atoms with E-state index in [0.717, 1.165) is 59.7 Å². The van der Waals surface area contributed by atoms with Crippen molar-refractivity contribution in [2.24, 2.45) is 11.1 Å². The number of amides is 1. The number of nitrogens with zero attached hydrogens (tertiary/aromatic N) is 1. The van der Waals surface area contributed by atoms with Gasteiger partial charge in [-0.15, -0.1) is 0 Å². The SMILES string of the molecule is Cc1c2c(n3c1CNCCC[C@H](C)Nc1cc-3ccc1C(N)=O)CC(C)(C)CC2=O. The van der Waals surface area contributed by atoms with Crippen LogP contribution in [0.5, 0.6) is 0 Å². The van der Waals surface area contributed by atoms with E-state index in [0.29, 0.717) is 18.5 Å². The van der Waals surface area contributed by atoms with Crippen molar-refractivity contribution in [3.05, 3.63) is 46.3 Å². The van der Waals surface area contributed by atoms with Crippen molar-refractivity contribution in [1.29, 1.82) is 0 Å². The molecular weight excluding hydrogens is 376 g/mol. The Hall–Kier alpha value is -2.60. The molecule has 4 rings (SSSR count). The van der Waals surface area contributed by atoms with Crippen LogP contribution in [0.3, 0.4) is 0 Å². The van der Waals surface area contributed by atoms with Crippen LogP contribution in [-0.2, 0) is 13.0 Å². The third-order valence-electron chi connectivity index (χ3n) is 6.41. The molecule has 1 aromatic heterocycles. The topological polar surface area (TPSA) is 89.2 Å². The number of anilines is 1. The molecule has 2 aromatic rings. The maximum absolute atomic E-state index is 13.1. The number of hydrogen-bond donors (Lipinski definition) is 3. The van der Waals surface area contributed by atoms with Gasteiger partial charge in [0, 0.05) is 47.3 Å². The van der Waals surface area contributed by atoms with Gasteiger partial charge in [0.25, 0.3) is 5.91 Å². The third-order valence-corrected chi connectivity index (χ3v) is 6.41. The normalized spacial score (nSPS) is 20.9. The monoisotopic (exact) mass is 408 g/mol. The van der Waals surface area contributed by atoms with E-state index in [1.807, 2.05) is 12.1 Å². The van der Waals surface area contributed by atoms with E-state index in [-0.39, 0.29) is 17.2 Å².